The van der Waals surface area contributed by atoms with Crippen molar-refractivity contribution in [3.8, 4) is 0 Å². The number of fused-ring (bicyclic) bond motifs is 1. The number of imide groups is 1. The molecule has 1 aliphatic heterocycles. The quantitative estimate of drug-likeness (QED) is 0.558. The first-order chi connectivity index (χ1) is 7.56. The molecule has 3 nitrogen and oxygen atoms in total. The van der Waals surface area contributed by atoms with E-state index in [9.17, 15) is 9.59 Å². The Kier molecular flexibility index (Phi) is 2.38. The van der Waals surface area contributed by atoms with Crippen molar-refractivity contribution in [1.82, 2.24) is 4.90 Å². The Morgan fingerprint density at radius 2 is 2.00 bits per heavy atom. The van der Waals surface area contributed by atoms with Gasteiger partial charge in [-0.3, -0.25) is 14.5 Å². The molecule has 0 radical (unpaired) electrons. The van der Waals surface area contributed by atoms with E-state index in [0.29, 0.717) is 17.5 Å². The fraction of sp³-hybridized carbons (Fsp3) is 0.231. The van der Waals surface area contributed by atoms with E-state index in [-0.39, 0.29) is 11.8 Å². The lowest BCUT2D eigenvalue weighted by Crippen LogP contribution is -2.24. The molecule has 16 heavy (non-hydrogen) atoms. The number of hydrogen-bond acceptors (Lipinski definition) is 2. The van der Waals surface area contributed by atoms with Crippen molar-refractivity contribution < 1.29 is 9.59 Å². The number of carbonyl (C=O) groups is 2. The summed E-state index contributed by atoms with van der Waals surface area (Å²) < 4.78 is 0. The molecular weight excluding hydrogens is 202 g/mol. The maximum Gasteiger partial charge on any atom is 0.261 e. The zero-order valence-corrected chi connectivity index (χ0v) is 9.41. The number of aryl methyl sites for hydroxylation is 1. The summed E-state index contributed by atoms with van der Waals surface area (Å²) in [6.07, 6.45) is 2.35. The SMILES string of the molecule is C=CCc1cc(C)cc2c1C(=O)N(C)C2=O. The highest BCUT2D eigenvalue weighted by Gasteiger charge is 2.34. The minimum Gasteiger partial charge on any atom is -0.277 e. The summed E-state index contributed by atoms with van der Waals surface area (Å²) in [4.78, 5) is 24.8. The lowest BCUT2D eigenvalue weighted by atomic mass is 9.97. The van der Waals surface area contributed by atoms with Crippen LogP contribution in [0.5, 0.6) is 0 Å². The molecule has 0 saturated carbocycles. The van der Waals surface area contributed by atoms with Crippen molar-refractivity contribution in [2.75, 3.05) is 7.05 Å². The number of allylic oxidation sites excluding steroid dienone is 1. The Bertz CT molecular complexity index is 503. The highest BCUT2D eigenvalue weighted by molar-refractivity contribution is 6.21. The first-order valence-corrected chi connectivity index (χ1v) is 5.13. The van der Waals surface area contributed by atoms with E-state index >= 15 is 0 Å². The highest BCUT2D eigenvalue weighted by atomic mass is 16.2. The van der Waals surface area contributed by atoms with Crippen LogP contribution in [0.2, 0.25) is 0 Å². The molecule has 1 heterocycles. The fourth-order valence-corrected chi connectivity index (χ4v) is 2.04. The average Bonchev–Trinajstić information content (AvgIpc) is 2.44. The molecule has 1 aromatic carbocycles. The third-order valence-corrected chi connectivity index (χ3v) is 2.78. The second-order valence-electron chi connectivity index (χ2n) is 4.01. The van der Waals surface area contributed by atoms with Gasteiger partial charge in [0.25, 0.3) is 11.8 Å². The van der Waals surface area contributed by atoms with Crippen molar-refractivity contribution in [1.29, 1.82) is 0 Å². The molecule has 1 aromatic rings. The van der Waals surface area contributed by atoms with Gasteiger partial charge in [-0.15, -0.1) is 6.58 Å². The molecule has 0 atom stereocenters. The van der Waals surface area contributed by atoms with E-state index in [1.54, 1.807) is 12.1 Å². The monoisotopic (exact) mass is 215 g/mol. The Balaban J connectivity index is 2.69. The number of benzene rings is 1. The Hall–Kier alpha value is -1.90. The lowest BCUT2D eigenvalue weighted by molar-refractivity contribution is 0.0693. The molecule has 0 saturated heterocycles. The molecule has 0 aromatic heterocycles. The zero-order valence-electron chi connectivity index (χ0n) is 9.41. The maximum atomic E-state index is 11.9. The Morgan fingerprint density at radius 3 is 2.62 bits per heavy atom. The second-order valence-corrected chi connectivity index (χ2v) is 4.01. The van der Waals surface area contributed by atoms with Crippen LogP contribution in [0.4, 0.5) is 0 Å². The summed E-state index contributed by atoms with van der Waals surface area (Å²) in [6, 6.07) is 3.70. The first kappa shape index (κ1) is 10.6. The number of nitrogens with zero attached hydrogens (tertiary/aromatic N) is 1. The molecule has 2 amide bonds. The van der Waals surface area contributed by atoms with Crippen molar-refractivity contribution >= 4 is 11.8 Å². The number of rotatable bonds is 2. The van der Waals surface area contributed by atoms with Gasteiger partial charge in [0.05, 0.1) is 11.1 Å². The highest BCUT2D eigenvalue weighted by Crippen LogP contribution is 2.27. The van der Waals surface area contributed by atoms with E-state index < -0.39 is 0 Å². The van der Waals surface area contributed by atoms with Crippen LogP contribution in [-0.4, -0.2) is 23.8 Å². The summed E-state index contributed by atoms with van der Waals surface area (Å²) in [7, 11) is 1.51. The van der Waals surface area contributed by atoms with Gasteiger partial charge in [-0.25, -0.2) is 0 Å². The molecule has 0 aliphatic carbocycles. The smallest absolute Gasteiger partial charge is 0.261 e. The predicted molar refractivity (Wildman–Crippen MR) is 61.5 cm³/mol. The van der Waals surface area contributed by atoms with Crippen LogP contribution in [0.15, 0.2) is 24.8 Å². The van der Waals surface area contributed by atoms with Gasteiger partial charge < -0.3 is 0 Å². The fourth-order valence-electron chi connectivity index (χ4n) is 2.04. The summed E-state index contributed by atoms with van der Waals surface area (Å²) in [5.41, 5.74) is 2.93. The number of carbonyl (C=O) groups excluding carboxylic acids is 2. The van der Waals surface area contributed by atoms with Crippen LogP contribution in [0.1, 0.15) is 31.8 Å². The van der Waals surface area contributed by atoms with Gasteiger partial charge in [0.1, 0.15) is 0 Å². The summed E-state index contributed by atoms with van der Waals surface area (Å²) in [5.74, 6) is -0.425. The lowest BCUT2D eigenvalue weighted by Gasteiger charge is -2.05. The minimum atomic E-state index is -0.214. The molecule has 3 heteroatoms. The minimum absolute atomic E-state index is 0.211. The summed E-state index contributed by atoms with van der Waals surface area (Å²) in [6.45, 7) is 5.58. The van der Waals surface area contributed by atoms with E-state index in [0.717, 1.165) is 16.0 Å². The summed E-state index contributed by atoms with van der Waals surface area (Å²) >= 11 is 0. The van der Waals surface area contributed by atoms with Gasteiger partial charge in [0.15, 0.2) is 0 Å². The van der Waals surface area contributed by atoms with Gasteiger partial charge in [-0.1, -0.05) is 17.7 Å². The van der Waals surface area contributed by atoms with Crippen LogP contribution in [0.25, 0.3) is 0 Å². The zero-order chi connectivity index (χ0) is 11.9. The molecule has 82 valence electrons. The molecule has 0 fully saturated rings. The van der Waals surface area contributed by atoms with Crippen LogP contribution in [0, 0.1) is 6.92 Å². The van der Waals surface area contributed by atoms with Crippen molar-refractivity contribution in [2.24, 2.45) is 0 Å². The molecule has 0 spiro atoms. The van der Waals surface area contributed by atoms with E-state index in [1.807, 2.05) is 13.0 Å². The topological polar surface area (TPSA) is 37.4 Å². The molecule has 2 rings (SSSR count). The third kappa shape index (κ3) is 1.36. The van der Waals surface area contributed by atoms with E-state index in [4.69, 9.17) is 0 Å². The van der Waals surface area contributed by atoms with E-state index in [1.165, 1.54) is 7.05 Å². The van der Waals surface area contributed by atoms with Crippen LogP contribution in [0.3, 0.4) is 0 Å². The van der Waals surface area contributed by atoms with Crippen molar-refractivity contribution in [3.63, 3.8) is 0 Å². The third-order valence-electron chi connectivity index (χ3n) is 2.78. The van der Waals surface area contributed by atoms with Gasteiger partial charge in [0.2, 0.25) is 0 Å². The predicted octanol–water partition coefficient (Wildman–Crippen LogP) is 1.95. The molecule has 0 N–H and O–H groups in total. The average molecular weight is 215 g/mol. The van der Waals surface area contributed by atoms with Crippen molar-refractivity contribution in [3.05, 3.63) is 47.0 Å². The van der Waals surface area contributed by atoms with Gasteiger partial charge >= 0.3 is 0 Å². The molecule has 0 bridgehead atoms. The first-order valence-electron chi connectivity index (χ1n) is 5.13. The maximum absolute atomic E-state index is 11.9. The van der Waals surface area contributed by atoms with Gasteiger partial charge in [0, 0.05) is 7.05 Å². The molecular formula is C13H13NO2. The molecule has 0 unspecified atom stereocenters. The Morgan fingerprint density at radius 1 is 1.31 bits per heavy atom. The van der Waals surface area contributed by atoms with Crippen LogP contribution >= 0.6 is 0 Å². The Labute approximate surface area is 94.4 Å². The normalized spacial score (nSPS) is 14.2. The number of hydrogen-bond donors (Lipinski definition) is 0. The summed E-state index contributed by atoms with van der Waals surface area (Å²) in [5, 5.41) is 0. The largest absolute Gasteiger partial charge is 0.277 e. The second kappa shape index (κ2) is 3.59. The number of amides is 2. The van der Waals surface area contributed by atoms with Gasteiger partial charge in [-0.2, -0.15) is 0 Å². The van der Waals surface area contributed by atoms with E-state index in [2.05, 4.69) is 6.58 Å². The van der Waals surface area contributed by atoms with Crippen molar-refractivity contribution in [2.45, 2.75) is 13.3 Å². The van der Waals surface area contributed by atoms with Crippen LogP contribution < -0.4 is 0 Å². The molecule has 1 aliphatic rings. The standard InChI is InChI=1S/C13H13NO2/c1-4-5-9-6-8(2)7-10-11(9)13(16)14(3)12(10)15/h4,6-7H,1,5H2,2-3H3. The van der Waals surface area contributed by atoms with Gasteiger partial charge in [-0.05, 0) is 25.0 Å². The van der Waals surface area contributed by atoms with Crippen LogP contribution in [-0.2, 0) is 6.42 Å².